The highest BCUT2D eigenvalue weighted by molar-refractivity contribution is 5.67. The summed E-state index contributed by atoms with van der Waals surface area (Å²) in [4.78, 5) is 10.8. The average Bonchev–Trinajstić information content (AvgIpc) is 2.58. The summed E-state index contributed by atoms with van der Waals surface area (Å²) < 4.78 is 16.6. The van der Waals surface area contributed by atoms with Gasteiger partial charge in [-0.1, -0.05) is 23.8 Å². The zero-order valence-corrected chi connectivity index (χ0v) is 14.0. The summed E-state index contributed by atoms with van der Waals surface area (Å²) in [5.41, 5.74) is 2.02. The van der Waals surface area contributed by atoms with E-state index >= 15 is 0 Å². The van der Waals surface area contributed by atoms with Crippen molar-refractivity contribution in [2.24, 2.45) is 0 Å². The Balaban J connectivity index is 1.91. The second-order valence-corrected chi connectivity index (χ2v) is 5.38. The molecule has 0 radical (unpaired) electrons. The van der Waals surface area contributed by atoms with Crippen LogP contribution in [0.4, 0.5) is 0 Å². The van der Waals surface area contributed by atoms with E-state index < -0.39 is 5.97 Å². The van der Waals surface area contributed by atoms with Crippen LogP contribution in [0.2, 0.25) is 0 Å². The van der Waals surface area contributed by atoms with Gasteiger partial charge in [0.1, 0.15) is 30.5 Å². The van der Waals surface area contributed by atoms with E-state index in [-0.39, 0.29) is 6.42 Å². The number of hydrogen-bond donors (Lipinski definition) is 1. The lowest BCUT2D eigenvalue weighted by Crippen LogP contribution is -2.10. The van der Waals surface area contributed by atoms with Crippen LogP contribution in [0.5, 0.6) is 17.2 Å². The first-order valence-electron chi connectivity index (χ1n) is 7.79. The number of carboxylic acid groups (broad SMARTS) is 1. The molecule has 1 N–H and O–H groups in total. The van der Waals surface area contributed by atoms with E-state index in [4.69, 9.17) is 19.3 Å². The van der Waals surface area contributed by atoms with E-state index in [1.54, 1.807) is 19.2 Å². The molecule has 0 amide bonds. The number of carboxylic acids is 1. The number of aliphatic carboxylic acids is 1. The average molecular weight is 330 g/mol. The Morgan fingerprint density at radius 2 is 1.67 bits per heavy atom. The molecule has 5 nitrogen and oxygen atoms in total. The lowest BCUT2D eigenvalue weighted by atomic mass is 10.1. The Labute approximate surface area is 141 Å². The summed E-state index contributed by atoms with van der Waals surface area (Å²) in [5, 5.41) is 8.84. The van der Waals surface area contributed by atoms with Crippen LogP contribution in [0.15, 0.2) is 42.5 Å². The monoisotopic (exact) mass is 330 g/mol. The molecular weight excluding hydrogens is 308 g/mol. The third-order valence-corrected chi connectivity index (χ3v) is 3.51. The smallest absolute Gasteiger partial charge is 0.303 e. The number of methoxy groups -OCH3 is 1. The molecule has 2 aromatic rings. The van der Waals surface area contributed by atoms with Crippen LogP contribution in [0.25, 0.3) is 0 Å². The molecule has 5 heteroatoms. The summed E-state index contributed by atoms with van der Waals surface area (Å²) in [7, 11) is 1.58. The fraction of sp³-hybridized carbons (Fsp3) is 0.316. The molecule has 0 bridgehead atoms. The van der Waals surface area contributed by atoms with Crippen molar-refractivity contribution in [2.75, 3.05) is 20.3 Å². The predicted octanol–water partition coefficient (Wildman–Crippen LogP) is 3.48. The van der Waals surface area contributed by atoms with Gasteiger partial charge in [0.2, 0.25) is 0 Å². The minimum atomic E-state index is -0.834. The minimum absolute atomic E-state index is 0.0581. The summed E-state index contributed by atoms with van der Waals surface area (Å²) in [6.07, 6.45) is 0.468. The van der Waals surface area contributed by atoms with Crippen molar-refractivity contribution in [2.45, 2.75) is 19.8 Å². The van der Waals surface area contributed by atoms with Crippen LogP contribution in [-0.4, -0.2) is 31.4 Å². The zero-order valence-electron chi connectivity index (χ0n) is 14.0. The van der Waals surface area contributed by atoms with Gasteiger partial charge in [-0.2, -0.15) is 0 Å². The lowest BCUT2D eigenvalue weighted by Gasteiger charge is -2.13. The first-order valence-corrected chi connectivity index (χ1v) is 7.79. The Bertz CT molecular complexity index is 664. The topological polar surface area (TPSA) is 65.0 Å². The van der Waals surface area contributed by atoms with E-state index in [9.17, 15) is 4.79 Å². The first-order chi connectivity index (χ1) is 11.6. The largest absolute Gasteiger partial charge is 0.497 e. The van der Waals surface area contributed by atoms with Crippen molar-refractivity contribution < 1.29 is 24.1 Å². The summed E-state index contributed by atoms with van der Waals surface area (Å²) in [6, 6.07) is 13.2. The molecule has 128 valence electrons. The van der Waals surface area contributed by atoms with Crippen molar-refractivity contribution in [3.63, 3.8) is 0 Å². The Morgan fingerprint density at radius 3 is 2.33 bits per heavy atom. The highest BCUT2D eigenvalue weighted by Gasteiger charge is 2.08. The number of aryl methyl sites for hydroxylation is 2. The molecule has 24 heavy (non-hydrogen) atoms. The van der Waals surface area contributed by atoms with Crippen molar-refractivity contribution in [3.8, 4) is 17.2 Å². The van der Waals surface area contributed by atoms with Gasteiger partial charge in [0, 0.05) is 12.5 Å². The number of benzene rings is 2. The summed E-state index contributed by atoms with van der Waals surface area (Å²) in [6.45, 7) is 2.79. The third-order valence-electron chi connectivity index (χ3n) is 3.51. The van der Waals surface area contributed by atoms with Gasteiger partial charge in [0.15, 0.2) is 0 Å². The maximum Gasteiger partial charge on any atom is 0.303 e. The molecule has 0 saturated heterocycles. The second kappa shape index (κ2) is 8.82. The van der Waals surface area contributed by atoms with Gasteiger partial charge >= 0.3 is 5.97 Å². The highest BCUT2D eigenvalue weighted by atomic mass is 16.5. The molecule has 0 heterocycles. The standard InChI is InChI=1S/C19H22O5/c1-14-3-7-16(8-4-14)23-11-12-24-18-13-17(22-2)9-5-15(18)6-10-19(20)21/h3-5,7-9,13H,6,10-12H2,1-2H3,(H,20,21). The fourth-order valence-electron chi connectivity index (χ4n) is 2.19. The number of rotatable bonds is 9. The van der Waals surface area contributed by atoms with E-state index in [2.05, 4.69) is 0 Å². The minimum Gasteiger partial charge on any atom is -0.497 e. The second-order valence-electron chi connectivity index (χ2n) is 5.38. The number of hydrogen-bond acceptors (Lipinski definition) is 4. The molecule has 0 aromatic heterocycles. The molecule has 0 spiro atoms. The maximum atomic E-state index is 10.8. The Morgan fingerprint density at radius 1 is 1.00 bits per heavy atom. The molecule has 2 rings (SSSR count). The van der Waals surface area contributed by atoms with Crippen molar-refractivity contribution in [1.29, 1.82) is 0 Å². The van der Waals surface area contributed by atoms with Gasteiger partial charge in [0.25, 0.3) is 0 Å². The molecule has 0 aliphatic rings. The van der Waals surface area contributed by atoms with Gasteiger partial charge in [-0.25, -0.2) is 0 Å². The quantitative estimate of drug-likeness (QED) is 0.713. The Kier molecular flexibility index (Phi) is 6.49. The van der Waals surface area contributed by atoms with E-state index in [1.165, 1.54) is 5.56 Å². The Hall–Kier alpha value is -2.69. The van der Waals surface area contributed by atoms with Crippen LogP contribution in [0, 0.1) is 6.92 Å². The molecule has 0 aliphatic carbocycles. The molecule has 0 unspecified atom stereocenters. The lowest BCUT2D eigenvalue weighted by molar-refractivity contribution is -0.136. The molecule has 0 saturated carbocycles. The van der Waals surface area contributed by atoms with E-state index in [0.717, 1.165) is 11.3 Å². The van der Waals surface area contributed by atoms with Gasteiger partial charge in [0.05, 0.1) is 7.11 Å². The van der Waals surface area contributed by atoms with E-state index in [0.29, 0.717) is 31.1 Å². The van der Waals surface area contributed by atoms with Crippen LogP contribution in [-0.2, 0) is 11.2 Å². The normalized spacial score (nSPS) is 10.2. The molecule has 2 aromatic carbocycles. The van der Waals surface area contributed by atoms with Gasteiger partial charge in [-0.3, -0.25) is 4.79 Å². The molecule has 0 fully saturated rings. The number of carbonyl (C=O) groups is 1. The first kappa shape index (κ1) is 17.7. The van der Waals surface area contributed by atoms with Crippen molar-refractivity contribution in [1.82, 2.24) is 0 Å². The van der Waals surface area contributed by atoms with Gasteiger partial charge < -0.3 is 19.3 Å². The summed E-state index contributed by atoms with van der Waals surface area (Å²) in [5.74, 6) is 1.26. The molecule has 0 atom stereocenters. The van der Waals surface area contributed by atoms with Crippen molar-refractivity contribution in [3.05, 3.63) is 53.6 Å². The van der Waals surface area contributed by atoms with Crippen LogP contribution in [0.3, 0.4) is 0 Å². The zero-order chi connectivity index (χ0) is 17.4. The van der Waals surface area contributed by atoms with Crippen LogP contribution in [0.1, 0.15) is 17.5 Å². The predicted molar refractivity (Wildman–Crippen MR) is 91.1 cm³/mol. The SMILES string of the molecule is COc1ccc(CCC(=O)O)c(OCCOc2ccc(C)cc2)c1. The maximum absolute atomic E-state index is 10.8. The van der Waals surface area contributed by atoms with Gasteiger partial charge in [-0.05, 0) is 37.1 Å². The van der Waals surface area contributed by atoms with Crippen LogP contribution >= 0.6 is 0 Å². The third kappa shape index (κ3) is 5.50. The number of ether oxygens (including phenoxy) is 3. The van der Waals surface area contributed by atoms with Crippen LogP contribution < -0.4 is 14.2 Å². The van der Waals surface area contributed by atoms with E-state index in [1.807, 2.05) is 37.3 Å². The van der Waals surface area contributed by atoms with Gasteiger partial charge in [-0.15, -0.1) is 0 Å². The molecular formula is C19H22O5. The fourth-order valence-corrected chi connectivity index (χ4v) is 2.19. The molecule has 0 aliphatic heterocycles. The summed E-state index contributed by atoms with van der Waals surface area (Å²) >= 11 is 0. The van der Waals surface area contributed by atoms with Crippen molar-refractivity contribution >= 4 is 5.97 Å². The highest BCUT2D eigenvalue weighted by Crippen LogP contribution is 2.26.